The standard InChI is InChI=1S/C15H33N3O2S/c1-5-11-18(15(6-2,7-3)13-16)21(19,20)17-12-9-8-10-14(17)4/h14H,5-13,16H2,1-4H3. The summed E-state index contributed by atoms with van der Waals surface area (Å²) in [7, 11) is -3.44. The minimum Gasteiger partial charge on any atom is -0.329 e. The molecule has 1 fully saturated rings. The number of nitrogens with zero attached hydrogens (tertiary/aromatic N) is 2. The summed E-state index contributed by atoms with van der Waals surface area (Å²) in [4.78, 5) is 0. The highest BCUT2D eigenvalue weighted by atomic mass is 32.2. The van der Waals surface area contributed by atoms with Gasteiger partial charge in [-0.05, 0) is 39.0 Å². The van der Waals surface area contributed by atoms with E-state index in [-0.39, 0.29) is 6.04 Å². The van der Waals surface area contributed by atoms with Gasteiger partial charge in [0.25, 0.3) is 10.2 Å². The normalized spacial score (nSPS) is 21.9. The van der Waals surface area contributed by atoms with Gasteiger partial charge in [-0.2, -0.15) is 17.0 Å². The maximum absolute atomic E-state index is 13.2. The molecule has 0 spiro atoms. The average Bonchev–Trinajstić information content (AvgIpc) is 2.48. The molecular formula is C15H33N3O2S. The predicted molar refractivity (Wildman–Crippen MR) is 88.3 cm³/mol. The molecule has 1 unspecified atom stereocenters. The first-order valence-electron chi connectivity index (χ1n) is 8.39. The minimum atomic E-state index is -3.44. The van der Waals surface area contributed by atoms with Gasteiger partial charge in [-0.25, -0.2) is 0 Å². The van der Waals surface area contributed by atoms with Crippen LogP contribution in [-0.4, -0.2) is 48.2 Å². The van der Waals surface area contributed by atoms with Crippen molar-refractivity contribution in [2.75, 3.05) is 19.6 Å². The third-order valence-electron chi connectivity index (χ3n) is 4.97. The molecular weight excluding hydrogens is 286 g/mol. The first kappa shape index (κ1) is 18.9. The smallest absolute Gasteiger partial charge is 0.282 e. The van der Waals surface area contributed by atoms with Crippen molar-refractivity contribution < 1.29 is 8.42 Å². The Labute approximate surface area is 131 Å². The Hall–Kier alpha value is -0.170. The van der Waals surface area contributed by atoms with Gasteiger partial charge in [-0.1, -0.05) is 27.2 Å². The summed E-state index contributed by atoms with van der Waals surface area (Å²) < 4.78 is 29.8. The van der Waals surface area contributed by atoms with Crippen molar-refractivity contribution in [2.45, 2.75) is 77.8 Å². The molecule has 1 atom stereocenters. The second-order valence-electron chi connectivity index (χ2n) is 6.17. The molecule has 1 rings (SSSR count). The first-order chi connectivity index (χ1) is 9.89. The van der Waals surface area contributed by atoms with Crippen LogP contribution in [0.1, 0.15) is 66.2 Å². The molecule has 126 valence electrons. The Morgan fingerprint density at radius 2 is 1.86 bits per heavy atom. The Morgan fingerprint density at radius 3 is 2.29 bits per heavy atom. The van der Waals surface area contributed by atoms with E-state index in [1.54, 1.807) is 8.61 Å². The highest BCUT2D eigenvalue weighted by Crippen LogP contribution is 2.31. The summed E-state index contributed by atoms with van der Waals surface area (Å²) in [5.74, 6) is 0. The second kappa shape index (κ2) is 7.90. The van der Waals surface area contributed by atoms with Gasteiger partial charge in [0.05, 0.1) is 0 Å². The highest BCUT2D eigenvalue weighted by Gasteiger charge is 2.43. The van der Waals surface area contributed by atoms with E-state index >= 15 is 0 Å². The van der Waals surface area contributed by atoms with Gasteiger partial charge in [0.15, 0.2) is 0 Å². The Kier molecular flexibility index (Phi) is 7.10. The number of piperidine rings is 1. The van der Waals surface area contributed by atoms with Crippen LogP contribution in [0, 0.1) is 0 Å². The molecule has 1 heterocycles. The molecule has 5 nitrogen and oxygen atoms in total. The van der Waals surface area contributed by atoms with E-state index in [1.165, 1.54) is 0 Å². The van der Waals surface area contributed by atoms with E-state index in [0.717, 1.165) is 38.5 Å². The Balaban J connectivity index is 3.18. The first-order valence-corrected chi connectivity index (χ1v) is 9.79. The molecule has 0 aliphatic carbocycles. The van der Waals surface area contributed by atoms with Crippen LogP contribution in [0.25, 0.3) is 0 Å². The molecule has 0 saturated carbocycles. The van der Waals surface area contributed by atoms with Crippen molar-refractivity contribution in [1.82, 2.24) is 8.61 Å². The molecule has 1 saturated heterocycles. The zero-order valence-electron chi connectivity index (χ0n) is 14.1. The molecule has 0 aromatic rings. The van der Waals surface area contributed by atoms with Crippen LogP contribution in [0.4, 0.5) is 0 Å². The van der Waals surface area contributed by atoms with Crippen LogP contribution < -0.4 is 5.73 Å². The molecule has 0 aromatic carbocycles. The van der Waals surface area contributed by atoms with Crippen LogP contribution in [0.3, 0.4) is 0 Å². The van der Waals surface area contributed by atoms with Crippen LogP contribution in [-0.2, 0) is 10.2 Å². The summed E-state index contributed by atoms with van der Waals surface area (Å²) in [6.45, 7) is 9.67. The summed E-state index contributed by atoms with van der Waals surface area (Å²) >= 11 is 0. The van der Waals surface area contributed by atoms with E-state index in [2.05, 4.69) is 0 Å². The molecule has 1 aliphatic rings. The van der Waals surface area contributed by atoms with Crippen molar-refractivity contribution in [3.63, 3.8) is 0 Å². The highest BCUT2D eigenvalue weighted by molar-refractivity contribution is 7.86. The number of hydrogen-bond acceptors (Lipinski definition) is 3. The van der Waals surface area contributed by atoms with E-state index in [9.17, 15) is 8.42 Å². The van der Waals surface area contributed by atoms with E-state index in [0.29, 0.717) is 19.6 Å². The third kappa shape index (κ3) is 3.78. The van der Waals surface area contributed by atoms with Gasteiger partial charge >= 0.3 is 0 Å². The van der Waals surface area contributed by atoms with E-state index in [4.69, 9.17) is 5.73 Å². The number of nitrogens with two attached hydrogens (primary N) is 1. The largest absolute Gasteiger partial charge is 0.329 e. The lowest BCUT2D eigenvalue weighted by Crippen LogP contribution is -2.61. The van der Waals surface area contributed by atoms with Crippen LogP contribution >= 0.6 is 0 Å². The van der Waals surface area contributed by atoms with Gasteiger partial charge < -0.3 is 5.73 Å². The second-order valence-corrected chi connectivity index (χ2v) is 7.98. The van der Waals surface area contributed by atoms with Crippen molar-refractivity contribution in [1.29, 1.82) is 0 Å². The molecule has 0 aromatic heterocycles. The molecule has 2 N–H and O–H groups in total. The SMILES string of the molecule is CCCN(C(CC)(CC)CN)S(=O)(=O)N1CCCCC1C. The third-order valence-corrected chi connectivity index (χ3v) is 7.23. The fraction of sp³-hybridized carbons (Fsp3) is 1.00. The molecule has 0 radical (unpaired) electrons. The molecule has 0 bridgehead atoms. The van der Waals surface area contributed by atoms with Crippen molar-refractivity contribution in [3.8, 4) is 0 Å². The van der Waals surface area contributed by atoms with E-state index < -0.39 is 15.7 Å². The fourth-order valence-electron chi connectivity index (χ4n) is 3.33. The van der Waals surface area contributed by atoms with E-state index in [1.807, 2.05) is 27.7 Å². The van der Waals surface area contributed by atoms with Crippen LogP contribution in [0.2, 0.25) is 0 Å². The minimum absolute atomic E-state index is 0.0901. The van der Waals surface area contributed by atoms with Gasteiger partial charge in [-0.15, -0.1) is 0 Å². The maximum atomic E-state index is 13.2. The summed E-state index contributed by atoms with van der Waals surface area (Å²) in [6, 6.07) is 0.0901. The van der Waals surface area contributed by atoms with Gasteiger partial charge in [-0.3, -0.25) is 0 Å². The summed E-state index contributed by atoms with van der Waals surface area (Å²) in [5.41, 5.74) is 5.54. The lowest BCUT2D eigenvalue weighted by Gasteiger charge is -2.45. The van der Waals surface area contributed by atoms with Crippen molar-refractivity contribution in [2.24, 2.45) is 5.73 Å². The Morgan fingerprint density at radius 1 is 1.24 bits per heavy atom. The average molecular weight is 320 g/mol. The van der Waals surface area contributed by atoms with Crippen LogP contribution in [0.15, 0.2) is 0 Å². The molecule has 1 aliphatic heterocycles. The predicted octanol–water partition coefficient (Wildman–Crippen LogP) is 2.34. The quantitative estimate of drug-likeness (QED) is 0.746. The number of hydrogen-bond donors (Lipinski definition) is 1. The topological polar surface area (TPSA) is 66.6 Å². The summed E-state index contributed by atoms with van der Waals surface area (Å²) in [6.07, 6.45) is 5.33. The molecule has 0 amide bonds. The van der Waals surface area contributed by atoms with Gasteiger partial charge in [0.1, 0.15) is 0 Å². The van der Waals surface area contributed by atoms with Gasteiger partial charge in [0, 0.05) is 31.2 Å². The molecule has 21 heavy (non-hydrogen) atoms. The molecule has 6 heteroatoms. The fourth-order valence-corrected chi connectivity index (χ4v) is 5.74. The summed E-state index contributed by atoms with van der Waals surface area (Å²) in [5, 5.41) is 0. The van der Waals surface area contributed by atoms with Crippen molar-refractivity contribution >= 4 is 10.2 Å². The maximum Gasteiger partial charge on any atom is 0.282 e. The lowest BCUT2D eigenvalue weighted by atomic mass is 9.93. The lowest BCUT2D eigenvalue weighted by molar-refractivity contribution is 0.152. The number of rotatable bonds is 8. The Bertz CT molecular complexity index is 399. The zero-order chi connectivity index (χ0) is 16.1. The monoisotopic (exact) mass is 319 g/mol. The van der Waals surface area contributed by atoms with Gasteiger partial charge in [0.2, 0.25) is 0 Å². The van der Waals surface area contributed by atoms with Crippen LogP contribution in [0.5, 0.6) is 0 Å². The zero-order valence-corrected chi connectivity index (χ0v) is 15.0. The van der Waals surface area contributed by atoms with Crippen molar-refractivity contribution in [3.05, 3.63) is 0 Å².